The van der Waals surface area contributed by atoms with E-state index in [2.05, 4.69) is 31.2 Å². The molecular formula is C20H27N3O4. The Bertz CT molecular complexity index is 895. The van der Waals surface area contributed by atoms with Crippen LogP contribution in [0.4, 0.5) is 0 Å². The monoisotopic (exact) mass is 373 g/mol. The van der Waals surface area contributed by atoms with Gasteiger partial charge in [0.25, 0.3) is 11.5 Å². The fourth-order valence-corrected chi connectivity index (χ4v) is 3.32. The van der Waals surface area contributed by atoms with Crippen LogP contribution < -0.4 is 15.6 Å². The molecule has 0 radical (unpaired) electrons. The molecule has 2 aromatic rings. The Kier molecular flexibility index (Phi) is 5.63. The lowest BCUT2D eigenvalue weighted by molar-refractivity contribution is 0.0881. The highest BCUT2D eigenvalue weighted by Gasteiger charge is 2.29. The predicted molar refractivity (Wildman–Crippen MR) is 104 cm³/mol. The zero-order valence-electron chi connectivity index (χ0n) is 16.7. The number of nitrogens with one attached hydrogen (secondary N) is 1. The van der Waals surface area contributed by atoms with E-state index in [0.29, 0.717) is 11.4 Å². The van der Waals surface area contributed by atoms with Gasteiger partial charge in [0.1, 0.15) is 11.4 Å². The van der Waals surface area contributed by atoms with Gasteiger partial charge >= 0.3 is 0 Å². The van der Waals surface area contributed by atoms with Crippen LogP contribution in [0.2, 0.25) is 0 Å². The number of aromatic hydroxyl groups is 1. The first-order valence-corrected chi connectivity index (χ1v) is 8.73. The zero-order chi connectivity index (χ0) is 20.4. The van der Waals surface area contributed by atoms with Gasteiger partial charge in [-0.15, -0.1) is 0 Å². The standard InChI is InChI=1S/C20H27N3O4/c1-19(2,3)12-20(4,5)21-18(26)17-14(24)11-16(25)23(22-17)13-9-7-8-10-15(13)27-6/h7-11,24H,12H2,1-6H3,(H,21,26). The van der Waals surface area contributed by atoms with Crippen molar-refractivity contribution in [3.05, 3.63) is 46.4 Å². The third kappa shape index (κ3) is 5.09. The lowest BCUT2D eigenvalue weighted by Gasteiger charge is -2.33. The molecule has 1 aromatic carbocycles. The number of hydrogen-bond acceptors (Lipinski definition) is 5. The Morgan fingerprint density at radius 2 is 1.85 bits per heavy atom. The minimum atomic E-state index is -0.567. The van der Waals surface area contributed by atoms with Crippen molar-refractivity contribution in [2.75, 3.05) is 7.11 Å². The van der Waals surface area contributed by atoms with Crippen molar-refractivity contribution in [3.63, 3.8) is 0 Å². The lowest BCUT2D eigenvalue weighted by Crippen LogP contribution is -2.46. The molecule has 0 bridgehead atoms. The van der Waals surface area contributed by atoms with Gasteiger partial charge in [0.2, 0.25) is 0 Å². The maximum Gasteiger partial charge on any atom is 0.276 e. The number of nitrogens with zero attached hydrogens (tertiary/aromatic N) is 2. The molecule has 0 unspecified atom stereocenters. The average molecular weight is 373 g/mol. The third-order valence-corrected chi connectivity index (χ3v) is 3.86. The summed E-state index contributed by atoms with van der Waals surface area (Å²) in [5.41, 5.74) is -0.921. The summed E-state index contributed by atoms with van der Waals surface area (Å²) in [5, 5.41) is 17.1. The second kappa shape index (κ2) is 7.42. The molecule has 0 spiro atoms. The molecule has 0 atom stereocenters. The van der Waals surface area contributed by atoms with E-state index >= 15 is 0 Å². The van der Waals surface area contributed by atoms with E-state index in [4.69, 9.17) is 4.74 Å². The van der Waals surface area contributed by atoms with Crippen LogP contribution in [0.15, 0.2) is 35.1 Å². The molecule has 1 amide bonds. The van der Waals surface area contributed by atoms with Gasteiger partial charge in [-0.1, -0.05) is 32.9 Å². The van der Waals surface area contributed by atoms with Gasteiger partial charge in [-0.3, -0.25) is 9.59 Å². The van der Waals surface area contributed by atoms with E-state index in [1.54, 1.807) is 24.3 Å². The first-order chi connectivity index (χ1) is 12.4. The molecule has 7 heteroatoms. The first-order valence-electron chi connectivity index (χ1n) is 8.73. The quantitative estimate of drug-likeness (QED) is 0.840. The van der Waals surface area contributed by atoms with Crippen LogP contribution in [-0.2, 0) is 0 Å². The van der Waals surface area contributed by atoms with Gasteiger partial charge < -0.3 is 15.2 Å². The summed E-state index contributed by atoms with van der Waals surface area (Å²) in [4.78, 5) is 25.0. The summed E-state index contributed by atoms with van der Waals surface area (Å²) in [5.74, 6) is -0.585. The molecule has 0 aliphatic rings. The van der Waals surface area contributed by atoms with Crippen LogP contribution in [-0.4, -0.2) is 33.4 Å². The molecule has 0 aliphatic heterocycles. The van der Waals surface area contributed by atoms with E-state index in [-0.39, 0.29) is 11.1 Å². The zero-order valence-corrected chi connectivity index (χ0v) is 16.7. The van der Waals surface area contributed by atoms with E-state index in [1.165, 1.54) is 7.11 Å². The molecule has 146 valence electrons. The highest BCUT2D eigenvalue weighted by molar-refractivity contribution is 5.95. The minimum absolute atomic E-state index is 0.00242. The SMILES string of the molecule is COc1ccccc1-n1nc(C(=O)NC(C)(C)CC(C)(C)C)c(O)cc1=O. The number of methoxy groups -OCH3 is 1. The van der Waals surface area contributed by atoms with Crippen LogP contribution in [0, 0.1) is 5.41 Å². The smallest absolute Gasteiger partial charge is 0.276 e. The molecule has 0 aliphatic carbocycles. The van der Waals surface area contributed by atoms with Crippen LogP contribution in [0.25, 0.3) is 5.69 Å². The van der Waals surface area contributed by atoms with Crippen LogP contribution in [0.3, 0.4) is 0 Å². The largest absolute Gasteiger partial charge is 0.505 e. The predicted octanol–water partition coefficient (Wildman–Crippen LogP) is 2.89. The van der Waals surface area contributed by atoms with Gasteiger partial charge in [0, 0.05) is 11.6 Å². The van der Waals surface area contributed by atoms with Gasteiger partial charge in [-0.2, -0.15) is 9.78 Å². The molecule has 1 heterocycles. The molecule has 0 fully saturated rings. The normalized spacial score (nSPS) is 11.9. The summed E-state index contributed by atoms with van der Waals surface area (Å²) < 4.78 is 6.30. The van der Waals surface area contributed by atoms with Crippen molar-refractivity contribution in [2.45, 2.75) is 46.6 Å². The molecule has 0 saturated carbocycles. The third-order valence-electron chi connectivity index (χ3n) is 3.86. The fraction of sp³-hybridized carbons (Fsp3) is 0.450. The van der Waals surface area contributed by atoms with Crippen molar-refractivity contribution >= 4 is 5.91 Å². The van der Waals surface area contributed by atoms with Gasteiger partial charge in [-0.25, -0.2) is 0 Å². The van der Waals surface area contributed by atoms with Gasteiger partial charge in [0.15, 0.2) is 11.4 Å². The molecular weight excluding hydrogens is 346 g/mol. The lowest BCUT2D eigenvalue weighted by atomic mass is 9.82. The first kappa shape index (κ1) is 20.5. The number of benzene rings is 1. The Morgan fingerprint density at radius 3 is 2.44 bits per heavy atom. The van der Waals surface area contributed by atoms with Crippen LogP contribution in [0.5, 0.6) is 11.5 Å². The topological polar surface area (TPSA) is 93.5 Å². The molecule has 0 saturated heterocycles. The van der Waals surface area contributed by atoms with Crippen LogP contribution in [0.1, 0.15) is 51.5 Å². The molecule has 2 rings (SSSR count). The molecule has 7 nitrogen and oxygen atoms in total. The second-order valence-corrected chi connectivity index (χ2v) is 8.38. The molecule has 2 N–H and O–H groups in total. The highest BCUT2D eigenvalue weighted by atomic mass is 16.5. The summed E-state index contributed by atoms with van der Waals surface area (Å²) in [6, 6.07) is 7.80. The number of ether oxygens (including phenoxy) is 1. The van der Waals surface area contributed by atoms with E-state index in [9.17, 15) is 14.7 Å². The summed E-state index contributed by atoms with van der Waals surface area (Å²) in [7, 11) is 1.48. The molecule has 1 aromatic heterocycles. The number of para-hydroxylation sites is 2. The van der Waals surface area contributed by atoms with E-state index in [0.717, 1.165) is 17.2 Å². The van der Waals surface area contributed by atoms with E-state index in [1.807, 2.05) is 13.8 Å². The summed E-state index contributed by atoms with van der Waals surface area (Å²) in [6.45, 7) is 10.1. The number of amides is 1. The Labute approximate surface area is 159 Å². The number of hydrogen-bond donors (Lipinski definition) is 2. The fourth-order valence-electron chi connectivity index (χ4n) is 3.32. The second-order valence-electron chi connectivity index (χ2n) is 8.38. The van der Waals surface area contributed by atoms with Crippen molar-refractivity contribution in [1.82, 2.24) is 15.1 Å². The molecule has 27 heavy (non-hydrogen) atoms. The van der Waals surface area contributed by atoms with Crippen molar-refractivity contribution in [2.24, 2.45) is 5.41 Å². The van der Waals surface area contributed by atoms with Crippen molar-refractivity contribution in [1.29, 1.82) is 0 Å². The summed E-state index contributed by atoms with van der Waals surface area (Å²) >= 11 is 0. The summed E-state index contributed by atoms with van der Waals surface area (Å²) in [6.07, 6.45) is 0.721. The minimum Gasteiger partial charge on any atom is -0.505 e. The Balaban J connectivity index is 2.44. The van der Waals surface area contributed by atoms with Gasteiger partial charge in [0.05, 0.1) is 7.11 Å². The number of carbonyl (C=O) groups is 1. The number of rotatable bonds is 5. The van der Waals surface area contributed by atoms with Crippen LogP contribution >= 0.6 is 0 Å². The van der Waals surface area contributed by atoms with Crippen molar-refractivity contribution < 1.29 is 14.6 Å². The Hall–Kier alpha value is -2.83. The van der Waals surface area contributed by atoms with E-state index < -0.39 is 22.8 Å². The van der Waals surface area contributed by atoms with Gasteiger partial charge in [-0.05, 0) is 37.8 Å². The van der Waals surface area contributed by atoms with Crippen molar-refractivity contribution in [3.8, 4) is 17.2 Å². The maximum atomic E-state index is 12.7. The highest BCUT2D eigenvalue weighted by Crippen LogP contribution is 2.27. The number of aromatic nitrogens is 2. The maximum absolute atomic E-state index is 12.7. The Morgan fingerprint density at radius 1 is 1.22 bits per heavy atom. The average Bonchev–Trinajstić information content (AvgIpc) is 2.52. The number of carbonyl (C=O) groups excluding carboxylic acids is 1.